The normalized spacial score (nSPS) is 13.0. The lowest BCUT2D eigenvalue weighted by atomic mass is 10.2. The number of rotatable bonds is 12. The predicted molar refractivity (Wildman–Crippen MR) is 119 cm³/mol. The van der Waals surface area contributed by atoms with E-state index in [1.165, 1.54) is 31.2 Å². The summed E-state index contributed by atoms with van der Waals surface area (Å²) < 4.78 is 38.0. The van der Waals surface area contributed by atoms with Crippen LogP contribution < -0.4 is 10.6 Å². The van der Waals surface area contributed by atoms with Crippen molar-refractivity contribution >= 4 is 15.7 Å². The first-order chi connectivity index (χ1) is 14.2. The van der Waals surface area contributed by atoms with Gasteiger partial charge in [0.2, 0.25) is 5.91 Å². The van der Waals surface area contributed by atoms with Crippen LogP contribution in [0.3, 0.4) is 0 Å². The quantitative estimate of drug-likeness (QED) is 0.387. The number of benzene rings is 1. The molecule has 166 valence electrons. The second-order valence-corrected chi connectivity index (χ2v) is 8.62. The minimum Gasteiger partial charge on any atom is -0.372 e. The molecule has 0 atom stereocenters. The molecule has 0 saturated carbocycles. The average molecular weight is 438 g/mol. The minimum absolute atomic E-state index is 0.0772. The molecule has 0 aliphatic heterocycles. The fraction of sp³-hybridized carbons (Fsp3) is 0.409. The molecule has 1 rings (SSSR count). The number of amides is 1. The summed E-state index contributed by atoms with van der Waals surface area (Å²) in [6.45, 7) is 7.76. The molecule has 0 unspecified atom stereocenters. The van der Waals surface area contributed by atoms with E-state index in [1.54, 1.807) is 6.92 Å². The first kappa shape index (κ1) is 25.6. The highest BCUT2D eigenvalue weighted by atomic mass is 32.2. The van der Waals surface area contributed by atoms with Crippen LogP contribution in [0, 0.1) is 5.82 Å². The molecule has 0 saturated heterocycles. The number of nitrogens with zero attached hydrogens (tertiary/aromatic N) is 1. The minimum atomic E-state index is -3.71. The molecular weight excluding hydrogens is 405 g/mol. The predicted octanol–water partition coefficient (Wildman–Crippen LogP) is 3.36. The van der Waals surface area contributed by atoms with Crippen LogP contribution >= 0.6 is 0 Å². The van der Waals surface area contributed by atoms with Gasteiger partial charge in [0.25, 0.3) is 0 Å². The molecule has 1 amide bonds. The number of hydrogen-bond donors (Lipinski definition) is 2. The number of sulfone groups is 1. The van der Waals surface area contributed by atoms with Crippen molar-refractivity contribution in [1.82, 2.24) is 15.5 Å². The molecule has 0 aliphatic rings. The maximum absolute atomic E-state index is 13.3. The van der Waals surface area contributed by atoms with E-state index < -0.39 is 15.7 Å². The van der Waals surface area contributed by atoms with Gasteiger partial charge >= 0.3 is 0 Å². The average Bonchev–Trinajstić information content (AvgIpc) is 2.67. The molecule has 6 nitrogen and oxygen atoms in total. The monoisotopic (exact) mass is 437 g/mol. The van der Waals surface area contributed by atoms with Crippen LogP contribution in [0.25, 0.3) is 0 Å². The summed E-state index contributed by atoms with van der Waals surface area (Å²) in [6.07, 6.45) is 6.63. The van der Waals surface area contributed by atoms with Crippen LogP contribution in [0.2, 0.25) is 0 Å². The molecule has 30 heavy (non-hydrogen) atoms. The van der Waals surface area contributed by atoms with E-state index in [1.807, 2.05) is 26.1 Å². The molecule has 8 heteroatoms. The highest BCUT2D eigenvalue weighted by Crippen LogP contribution is 2.15. The zero-order valence-corrected chi connectivity index (χ0v) is 18.9. The first-order valence-electron chi connectivity index (χ1n) is 9.92. The van der Waals surface area contributed by atoms with Crippen molar-refractivity contribution in [1.29, 1.82) is 0 Å². The van der Waals surface area contributed by atoms with Crippen LogP contribution in [0.4, 0.5) is 4.39 Å². The fourth-order valence-corrected chi connectivity index (χ4v) is 3.89. The molecular formula is C22H32FN3O3S. The molecule has 0 heterocycles. The smallest absolute Gasteiger partial charge is 0.220 e. The third-order valence-electron chi connectivity index (χ3n) is 4.20. The Balaban J connectivity index is 3.02. The van der Waals surface area contributed by atoms with Gasteiger partial charge in [-0.15, -0.1) is 0 Å². The van der Waals surface area contributed by atoms with E-state index in [9.17, 15) is 17.6 Å². The highest BCUT2D eigenvalue weighted by Gasteiger charge is 2.11. The number of allylic oxidation sites excluding steroid dienone is 4. The first-order valence-corrected chi connectivity index (χ1v) is 11.5. The van der Waals surface area contributed by atoms with Gasteiger partial charge < -0.3 is 15.5 Å². The zero-order chi connectivity index (χ0) is 22.6. The standard InChI is InChI=1S/C22H32FN3O3S/c1-5-26(14-9-13-24-4)21(16-18(2)25-19(3)27)11-6-7-15-30(28,29)22-12-8-10-20(23)17-22/h7-8,10-12,15-17,24H,5-6,9,13-14H2,1-4H3,(H,25,27)/b15-7+,18-16+,21-11?. The molecule has 0 spiro atoms. The molecule has 0 aromatic heterocycles. The van der Waals surface area contributed by atoms with E-state index in [2.05, 4.69) is 15.5 Å². The number of hydrogen-bond acceptors (Lipinski definition) is 5. The van der Waals surface area contributed by atoms with Gasteiger partial charge in [-0.2, -0.15) is 0 Å². The van der Waals surface area contributed by atoms with Gasteiger partial charge in [-0.1, -0.05) is 18.2 Å². The molecule has 2 N–H and O–H groups in total. The van der Waals surface area contributed by atoms with E-state index in [-0.39, 0.29) is 10.8 Å². The Bertz CT molecular complexity index is 893. The molecule has 1 aromatic carbocycles. The van der Waals surface area contributed by atoms with Crippen LogP contribution in [0.1, 0.15) is 33.6 Å². The lowest BCUT2D eigenvalue weighted by molar-refractivity contribution is -0.118. The lowest BCUT2D eigenvalue weighted by Crippen LogP contribution is -2.26. The van der Waals surface area contributed by atoms with Crippen molar-refractivity contribution in [3.05, 3.63) is 65.1 Å². The maximum Gasteiger partial charge on any atom is 0.220 e. The number of likely N-dealkylation sites (N-methyl/N-ethyl adjacent to an activating group) is 1. The van der Waals surface area contributed by atoms with Crippen molar-refractivity contribution < 1.29 is 17.6 Å². The molecule has 0 radical (unpaired) electrons. The van der Waals surface area contributed by atoms with Gasteiger partial charge in [0, 0.05) is 36.8 Å². The van der Waals surface area contributed by atoms with E-state index in [4.69, 9.17) is 0 Å². The van der Waals surface area contributed by atoms with Crippen molar-refractivity contribution in [2.75, 3.05) is 26.7 Å². The highest BCUT2D eigenvalue weighted by molar-refractivity contribution is 7.94. The third-order valence-corrected chi connectivity index (χ3v) is 5.66. The number of nitrogens with one attached hydrogen (secondary N) is 2. The molecule has 1 aromatic rings. The second kappa shape index (κ2) is 13.0. The Morgan fingerprint density at radius 3 is 2.60 bits per heavy atom. The Labute approximate surface area is 179 Å². The van der Waals surface area contributed by atoms with Gasteiger partial charge in [-0.3, -0.25) is 4.79 Å². The summed E-state index contributed by atoms with van der Waals surface area (Å²) in [6, 6.07) is 4.94. The number of carbonyl (C=O) groups is 1. The van der Waals surface area contributed by atoms with E-state index in [0.717, 1.165) is 43.2 Å². The van der Waals surface area contributed by atoms with E-state index >= 15 is 0 Å². The van der Waals surface area contributed by atoms with Crippen LogP contribution in [0.5, 0.6) is 0 Å². The Morgan fingerprint density at radius 2 is 2.00 bits per heavy atom. The van der Waals surface area contributed by atoms with Crippen LogP contribution in [-0.4, -0.2) is 45.9 Å². The van der Waals surface area contributed by atoms with Crippen molar-refractivity contribution in [2.24, 2.45) is 0 Å². The Hall–Kier alpha value is -2.45. The van der Waals surface area contributed by atoms with Gasteiger partial charge in [-0.05, 0) is 64.6 Å². The van der Waals surface area contributed by atoms with Crippen molar-refractivity contribution in [3.63, 3.8) is 0 Å². The summed E-state index contributed by atoms with van der Waals surface area (Å²) in [4.78, 5) is 13.4. The topological polar surface area (TPSA) is 78.5 Å². The fourth-order valence-electron chi connectivity index (χ4n) is 2.82. The van der Waals surface area contributed by atoms with Crippen LogP contribution in [0.15, 0.2) is 64.2 Å². The molecule has 0 fully saturated rings. The van der Waals surface area contributed by atoms with E-state index in [0.29, 0.717) is 12.1 Å². The third kappa shape index (κ3) is 9.37. The SMILES string of the molecule is CCN(CCCNC)C(=CC/C=C/S(=O)(=O)c1cccc(F)c1)/C=C(\C)NC(C)=O. The maximum atomic E-state index is 13.3. The van der Waals surface area contributed by atoms with Crippen molar-refractivity contribution in [2.45, 2.75) is 38.5 Å². The summed E-state index contributed by atoms with van der Waals surface area (Å²) >= 11 is 0. The Kier molecular flexibility index (Phi) is 11.1. The van der Waals surface area contributed by atoms with Gasteiger partial charge in [-0.25, -0.2) is 12.8 Å². The van der Waals surface area contributed by atoms with Crippen LogP contribution in [-0.2, 0) is 14.6 Å². The summed E-state index contributed by atoms with van der Waals surface area (Å²) in [5.74, 6) is -0.743. The van der Waals surface area contributed by atoms with Gasteiger partial charge in [0.15, 0.2) is 9.84 Å². The molecule has 0 bridgehead atoms. The van der Waals surface area contributed by atoms with Gasteiger partial charge in [0.1, 0.15) is 5.82 Å². The summed E-state index contributed by atoms with van der Waals surface area (Å²) in [5.41, 5.74) is 1.60. The van der Waals surface area contributed by atoms with Gasteiger partial charge in [0.05, 0.1) is 4.90 Å². The Morgan fingerprint density at radius 1 is 1.27 bits per heavy atom. The zero-order valence-electron chi connectivity index (χ0n) is 18.1. The summed E-state index contributed by atoms with van der Waals surface area (Å²) in [7, 11) is -1.81. The summed E-state index contributed by atoms with van der Waals surface area (Å²) in [5, 5.41) is 6.97. The molecule has 0 aliphatic carbocycles. The number of carbonyl (C=O) groups excluding carboxylic acids is 1. The lowest BCUT2D eigenvalue weighted by Gasteiger charge is -2.25. The number of halogens is 1. The largest absolute Gasteiger partial charge is 0.372 e. The van der Waals surface area contributed by atoms with Crippen molar-refractivity contribution in [3.8, 4) is 0 Å². The second-order valence-electron chi connectivity index (χ2n) is 6.78.